The van der Waals surface area contributed by atoms with Crippen molar-refractivity contribution >= 4 is 19.2 Å². The summed E-state index contributed by atoms with van der Waals surface area (Å²) in [7, 11) is -3.84. The number of hydrogen-bond donors (Lipinski definition) is 5. The van der Waals surface area contributed by atoms with Gasteiger partial charge in [-0.1, -0.05) is 53.4 Å². The maximum absolute atomic E-state index is 13.1. The van der Waals surface area contributed by atoms with Gasteiger partial charge in [0.15, 0.2) is 0 Å². The second-order valence-electron chi connectivity index (χ2n) is 9.28. The summed E-state index contributed by atoms with van der Waals surface area (Å²) >= 11 is 0. The number of nitrogens with one attached hydrogen (secondary N) is 2. The van der Waals surface area contributed by atoms with Crippen molar-refractivity contribution < 1.29 is 24.2 Å². The summed E-state index contributed by atoms with van der Waals surface area (Å²) in [6.07, 6.45) is 4.61. The average molecular weight is 448 g/mol. The summed E-state index contributed by atoms with van der Waals surface area (Å²) in [5, 5.41) is 15.4. The molecule has 1 aliphatic carbocycles. The van der Waals surface area contributed by atoms with E-state index in [0.29, 0.717) is 0 Å². The van der Waals surface area contributed by atoms with Gasteiger partial charge in [0.2, 0.25) is 19.2 Å². The van der Waals surface area contributed by atoms with Crippen molar-refractivity contribution in [2.75, 3.05) is 6.16 Å². The summed E-state index contributed by atoms with van der Waals surface area (Å²) in [4.78, 5) is 36.1. The molecule has 0 bridgehead atoms. The number of amides is 2. The molecular weight excluding hydrogens is 405 g/mol. The van der Waals surface area contributed by atoms with E-state index in [9.17, 15) is 24.2 Å². The van der Waals surface area contributed by atoms with Gasteiger partial charge in [-0.3, -0.25) is 14.2 Å². The summed E-state index contributed by atoms with van der Waals surface area (Å²) in [6, 6.07) is -1.66. The van der Waals surface area contributed by atoms with E-state index in [-0.39, 0.29) is 23.9 Å². The quantitative estimate of drug-likeness (QED) is 0.307. The zero-order valence-electron chi connectivity index (χ0n) is 19.1. The normalized spacial score (nSPS) is 22.4. The molecule has 8 nitrogen and oxygen atoms in total. The van der Waals surface area contributed by atoms with Gasteiger partial charge < -0.3 is 26.4 Å². The number of nitrogens with two attached hydrogens (primary N) is 1. The van der Waals surface area contributed by atoms with Gasteiger partial charge in [-0.2, -0.15) is 0 Å². The third-order valence-electron chi connectivity index (χ3n) is 6.23. The van der Waals surface area contributed by atoms with Crippen LogP contribution in [0.5, 0.6) is 0 Å². The zero-order chi connectivity index (χ0) is 23.1. The smallest absolute Gasteiger partial charge is 0.243 e. The lowest BCUT2D eigenvalue weighted by molar-refractivity contribution is -0.131. The van der Waals surface area contributed by atoms with Crippen molar-refractivity contribution in [2.24, 2.45) is 23.5 Å². The van der Waals surface area contributed by atoms with E-state index in [1.54, 1.807) is 13.8 Å². The summed E-state index contributed by atoms with van der Waals surface area (Å²) in [6.45, 7) is 8.75. The molecule has 1 aliphatic rings. The Bertz CT molecular complexity index is 607. The molecule has 176 valence electrons. The van der Waals surface area contributed by atoms with Crippen LogP contribution in [0.1, 0.15) is 73.1 Å². The van der Waals surface area contributed by atoms with E-state index in [4.69, 9.17) is 5.73 Å². The van der Waals surface area contributed by atoms with E-state index in [1.165, 1.54) is 6.92 Å². The van der Waals surface area contributed by atoms with Gasteiger partial charge in [0.05, 0.1) is 12.1 Å². The molecule has 0 spiro atoms. The number of aliphatic hydroxyl groups is 1. The zero-order valence-corrected chi connectivity index (χ0v) is 20.0. The number of hydrogen-bond acceptors (Lipinski definition) is 5. The molecule has 0 aliphatic heterocycles. The molecule has 0 aromatic rings. The highest BCUT2D eigenvalue weighted by atomic mass is 31.2. The van der Waals surface area contributed by atoms with Gasteiger partial charge in [-0.25, -0.2) is 0 Å². The molecule has 1 saturated carbocycles. The first-order valence-corrected chi connectivity index (χ1v) is 13.2. The molecule has 30 heavy (non-hydrogen) atoms. The van der Waals surface area contributed by atoms with Crippen molar-refractivity contribution in [2.45, 2.75) is 97.1 Å². The highest BCUT2D eigenvalue weighted by Gasteiger charge is 2.40. The van der Waals surface area contributed by atoms with Crippen molar-refractivity contribution in [1.29, 1.82) is 0 Å². The van der Waals surface area contributed by atoms with Crippen LogP contribution in [0, 0.1) is 17.8 Å². The first kappa shape index (κ1) is 27.1. The monoisotopic (exact) mass is 447 g/mol. The van der Waals surface area contributed by atoms with E-state index in [1.807, 2.05) is 13.8 Å². The highest BCUT2D eigenvalue weighted by molar-refractivity contribution is 7.58. The van der Waals surface area contributed by atoms with E-state index in [0.717, 1.165) is 38.5 Å². The minimum absolute atomic E-state index is 0.0424. The number of rotatable bonds is 11. The van der Waals surface area contributed by atoms with Crippen molar-refractivity contribution in [3.63, 3.8) is 0 Å². The molecule has 9 heteroatoms. The summed E-state index contributed by atoms with van der Waals surface area (Å²) in [5.74, 6) is -2.46. The third kappa shape index (κ3) is 7.95. The molecule has 1 rings (SSSR count). The fraction of sp³-hybridized carbons (Fsp3) is 0.905. The van der Waals surface area contributed by atoms with Gasteiger partial charge >= 0.3 is 0 Å². The fourth-order valence-electron chi connectivity index (χ4n) is 3.94. The lowest BCUT2D eigenvalue weighted by Gasteiger charge is -2.32. The first-order valence-electron chi connectivity index (χ1n) is 11.3. The SMILES string of the molecule is CCC(C)C(N)C(=O)NC(C(=O)N[C@@H](C(C)O)P(=O)(O)CC1CCCCC1)C(C)C. The molecule has 2 amide bonds. The number of carbonyl (C=O) groups is 2. The fourth-order valence-corrected chi connectivity index (χ4v) is 6.28. The Balaban J connectivity index is 2.89. The molecular formula is C21H42N3O5P. The highest BCUT2D eigenvalue weighted by Crippen LogP contribution is 2.50. The molecule has 6 N–H and O–H groups in total. The largest absolute Gasteiger partial charge is 0.391 e. The van der Waals surface area contributed by atoms with Gasteiger partial charge in [-0.15, -0.1) is 0 Å². The van der Waals surface area contributed by atoms with Crippen molar-refractivity contribution in [3.8, 4) is 0 Å². The second-order valence-corrected chi connectivity index (χ2v) is 11.7. The molecule has 0 radical (unpaired) electrons. The van der Waals surface area contributed by atoms with Gasteiger partial charge in [0, 0.05) is 6.16 Å². The van der Waals surface area contributed by atoms with Crippen LogP contribution in [-0.2, 0) is 14.2 Å². The van der Waals surface area contributed by atoms with Gasteiger partial charge in [0.1, 0.15) is 11.8 Å². The Labute approximate surface area is 181 Å². The van der Waals surface area contributed by atoms with Crippen LogP contribution in [0.4, 0.5) is 0 Å². The molecule has 1 fully saturated rings. The lowest BCUT2D eigenvalue weighted by atomic mass is 9.91. The summed E-state index contributed by atoms with van der Waals surface area (Å²) < 4.78 is 13.1. The maximum atomic E-state index is 13.1. The standard InChI is InChI=1S/C21H42N3O5P/c1-6-14(4)17(22)19(26)23-18(13(2)3)20(27)24-21(15(5)25)30(28,29)12-16-10-8-7-9-11-16/h13-18,21,25H,6-12,22H2,1-5H3,(H,23,26)(H,24,27)(H,28,29)/t14?,15?,17?,18?,21-/m1/s1. The number of carbonyl (C=O) groups excluding carboxylic acids is 2. The lowest BCUT2D eigenvalue weighted by Crippen LogP contribution is -2.57. The maximum Gasteiger partial charge on any atom is 0.243 e. The Kier molecular flexibility index (Phi) is 11.0. The Morgan fingerprint density at radius 3 is 2.10 bits per heavy atom. The van der Waals surface area contributed by atoms with Crippen LogP contribution in [0.3, 0.4) is 0 Å². The van der Waals surface area contributed by atoms with Crippen molar-refractivity contribution in [1.82, 2.24) is 10.6 Å². The van der Waals surface area contributed by atoms with Crippen LogP contribution in [0.2, 0.25) is 0 Å². The third-order valence-corrected chi connectivity index (χ3v) is 8.70. The molecule has 0 saturated heterocycles. The van der Waals surface area contributed by atoms with Crippen LogP contribution in [0.25, 0.3) is 0 Å². The van der Waals surface area contributed by atoms with Gasteiger partial charge in [0.25, 0.3) is 0 Å². The van der Waals surface area contributed by atoms with Crippen LogP contribution in [-0.4, -0.2) is 51.9 Å². The minimum Gasteiger partial charge on any atom is -0.391 e. The number of aliphatic hydroxyl groups excluding tert-OH is 1. The van der Waals surface area contributed by atoms with Crippen LogP contribution >= 0.6 is 7.37 Å². The molecule has 6 atom stereocenters. The van der Waals surface area contributed by atoms with Crippen LogP contribution in [0.15, 0.2) is 0 Å². The summed E-state index contributed by atoms with van der Waals surface area (Å²) in [5.41, 5.74) is 5.97. The van der Waals surface area contributed by atoms with Crippen LogP contribution < -0.4 is 16.4 Å². The molecule has 0 aromatic heterocycles. The molecule has 0 heterocycles. The van der Waals surface area contributed by atoms with E-state index < -0.39 is 43.2 Å². The van der Waals surface area contributed by atoms with E-state index in [2.05, 4.69) is 10.6 Å². The van der Waals surface area contributed by atoms with Gasteiger partial charge in [-0.05, 0) is 37.5 Å². The molecule has 0 aromatic carbocycles. The predicted molar refractivity (Wildman–Crippen MR) is 119 cm³/mol. The molecule has 5 unspecified atom stereocenters. The first-order chi connectivity index (χ1) is 13.9. The minimum atomic E-state index is -3.84. The van der Waals surface area contributed by atoms with Crippen molar-refractivity contribution in [3.05, 3.63) is 0 Å². The Morgan fingerprint density at radius 1 is 1.07 bits per heavy atom. The van der Waals surface area contributed by atoms with E-state index >= 15 is 0 Å². The predicted octanol–water partition coefficient (Wildman–Crippen LogP) is 2.17. The second kappa shape index (κ2) is 12.2. The Morgan fingerprint density at radius 2 is 1.63 bits per heavy atom. The average Bonchev–Trinajstić information content (AvgIpc) is 2.68. The Hall–Kier alpha value is -0.950. The topological polar surface area (TPSA) is 142 Å².